The monoisotopic (exact) mass is 324 g/mol. The molecular weight excluding hydrogens is 294 g/mol. The van der Waals surface area contributed by atoms with Crippen LogP contribution in [0, 0.1) is 11.8 Å². The Bertz CT molecular complexity index is 402. The third-order valence-electron chi connectivity index (χ3n) is 5.21. The molecule has 4 unspecified atom stereocenters. The molecule has 2 heterocycles. The lowest BCUT2D eigenvalue weighted by atomic mass is 9.78. The van der Waals surface area contributed by atoms with Crippen LogP contribution in [-0.2, 0) is 14.3 Å². The fraction of sp³-hybridized carbons (Fsp3) is 0.889. The zero-order valence-electron chi connectivity index (χ0n) is 14.5. The lowest BCUT2D eigenvalue weighted by Crippen LogP contribution is -2.49. The van der Waals surface area contributed by atoms with Gasteiger partial charge in [-0.3, -0.25) is 4.79 Å². The number of rotatable bonds is 10. The second-order valence-corrected chi connectivity index (χ2v) is 6.90. The summed E-state index contributed by atoms with van der Waals surface area (Å²) < 4.78 is 5.71. The number of nitrogens with zero attached hydrogens (tertiary/aromatic N) is 1. The summed E-state index contributed by atoms with van der Waals surface area (Å²) in [6.07, 6.45) is 7.33. The quantitative estimate of drug-likeness (QED) is 0.574. The molecule has 2 aliphatic heterocycles. The molecule has 23 heavy (non-hydrogen) atoms. The van der Waals surface area contributed by atoms with Gasteiger partial charge in [0.05, 0.1) is 18.1 Å². The summed E-state index contributed by atoms with van der Waals surface area (Å²) in [5.74, 6) is -2.46. The van der Waals surface area contributed by atoms with Gasteiger partial charge in [-0.05, 0) is 25.7 Å². The summed E-state index contributed by atoms with van der Waals surface area (Å²) in [5, 5.41) is 11.5. The molecule has 132 valence electrons. The molecule has 0 saturated carbocycles. The molecule has 5 heteroatoms. The Morgan fingerprint density at radius 2 is 1.48 bits per heavy atom. The third kappa shape index (κ3) is 4.25. The van der Waals surface area contributed by atoms with Crippen molar-refractivity contribution in [2.24, 2.45) is 11.8 Å². The molecule has 1 amide bonds. The number of amides is 1. The van der Waals surface area contributed by atoms with E-state index >= 15 is 0 Å². The Kier molecular flexibility index (Phi) is 6.88. The van der Waals surface area contributed by atoms with Crippen LogP contribution >= 0.6 is 0 Å². The fourth-order valence-electron chi connectivity index (χ4n) is 3.94. The first kappa shape index (κ1) is 18.2. The van der Waals surface area contributed by atoms with Crippen molar-refractivity contribution in [1.29, 1.82) is 0 Å². The average molecular weight is 324 g/mol. The molecule has 4 atom stereocenters. The standard InChI is InChI=1S/C18H31NO4/c1-3-5-7-11-19(12-8-6-4-2)17(20)15-13-9-10-14(23-13)16(15)18(21)22/h13-16H,3-12H2,1-2H3,(H,21,22)/p-1. The number of carboxylic acid groups (broad SMARTS) is 1. The van der Waals surface area contributed by atoms with E-state index in [4.69, 9.17) is 4.74 Å². The van der Waals surface area contributed by atoms with Gasteiger partial charge in [0.25, 0.3) is 0 Å². The van der Waals surface area contributed by atoms with Gasteiger partial charge >= 0.3 is 0 Å². The van der Waals surface area contributed by atoms with E-state index in [-0.39, 0.29) is 18.1 Å². The van der Waals surface area contributed by atoms with Crippen molar-refractivity contribution in [3.05, 3.63) is 0 Å². The SMILES string of the molecule is CCCCCN(CCCCC)C(=O)C1C2CCC(O2)C1C(=O)[O-]. The summed E-state index contributed by atoms with van der Waals surface area (Å²) in [6.45, 7) is 5.73. The van der Waals surface area contributed by atoms with E-state index in [1.54, 1.807) is 0 Å². The van der Waals surface area contributed by atoms with E-state index in [1.165, 1.54) is 0 Å². The number of carbonyl (C=O) groups is 2. The Morgan fingerprint density at radius 3 is 1.96 bits per heavy atom. The van der Waals surface area contributed by atoms with Gasteiger partial charge in [-0.2, -0.15) is 0 Å². The topological polar surface area (TPSA) is 69.7 Å². The first-order valence-electron chi connectivity index (χ1n) is 9.25. The Morgan fingerprint density at radius 1 is 0.957 bits per heavy atom. The van der Waals surface area contributed by atoms with Gasteiger partial charge in [0.2, 0.25) is 5.91 Å². The van der Waals surface area contributed by atoms with E-state index in [0.29, 0.717) is 0 Å². The predicted molar refractivity (Wildman–Crippen MR) is 85.5 cm³/mol. The van der Waals surface area contributed by atoms with Gasteiger partial charge in [0.15, 0.2) is 0 Å². The molecular formula is C18H30NO4-. The molecule has 0 radical (unpaired) electrons. The Hall–Kier alpha value is -1.10. The summed E-state index contributed by atoms with van der Waals surface area (Å²) in [5.41, 5.74) is 0. The molecule has 0 aromatic carbocycles. The number of hydrogen-bond donors (Lipinski definition) is 0. The molecule has 2 bridgehead atoms. The lowest BCUT2D eigenvalue weighted by molar-refractivity contribution is -0.314. The van der Waals surface area contributed by atoms with Crippen LogP contribution in [0.15, 0.2) is 0 Å². The maximum atomic E-state index is 13.0. The van der Waals surface area contributed by atoms with Crippen LogP contribution in [0.3, 0.4) is 0 Å². The first-order valence-corrected chi connectivity index (χ1v) is 9.25. The van der Waals surface area contributed by atoms with Crippen LogP contribution in [0.2, 0.25) is 0 Å². The second kappa shape index (κ2) is 8.67. The van der Waals surface area contributed by atoms with Gasteiger partial charge < -0.3 is 19.5 Å². The van der Waals surface area contributed by atoms with Crippen molar-refractivity contribution in [3.63, 3.8) is 0 Å². The van der Waals surface area contributed by atoms with E-state index in [9.17, 15) is 14.7 Å². The predicted octanol–water partition coefficient (Wildman–Crippen LogP) is 1.74. The van der Waals surface area contributed by atoms with Gasteiger partial charge in [-0.25, -0.2) is 0 Å². The molecule has 2 aliphatic rings. The molecule has 2 saturated heterocycles. The van der Waals surface area contributed by atoms with Gasteiger partial charge in [0.1, 0.15) is 0 Å². The number of carboxylic acids is 1. The Balaban J connectivity index is 2.03. The molecule has 2 rings (SSSR count). The van der Waals surface area contributed by atoms with Crippen LogP contribution in [0.25, 0.3) is 0 Å². The normalized spacial score (nSPS) is 29.0. The Labute approximate surface area is 139 Å². The number of carbonyl (C=O) groups excluding carboxylic acids is 2. The van der Waals surface area contributed by atoms with Crippen molar-refractivity contribution < 1.29 is 19.4 Å². The van der Waals surface area contributed by atoms with Crippen LogP contribution in [0.4, 0.5) is 0 Å². The zero-order valence-corrected chi connectivity index (χ0v) is 14.5. The number of hydrogen-bond acceptors (Lipinski definition) is 4. The van der Waals surface area contributed by atoms with Crippen molar-refractivity contribution in [2.45, 2.75) is 77.4 Å². The van der Waals surface area contributed by atoms with Crippen molar-refractivity contribution in [2.75, 3.05) is 13.1 Å². The van der Waals surface area contributed by atoms with Gasteiger partial charge in [-0.1, -0.05) is 39.5 Å². The highest BCUT2D eigenvalue weighted by atomic mass is 16.5. The summed E-state index contributed by atoms with van der Waals surface area (Å²) >= 11 is 0. The maximum absolute atomic E-state index is 13.0. The highest BCUT2D eigenvalue weighted by molar-refractivity contribution is 5.86. The highest BCUT2D eigenvalue weighted by Crippen LogP contribution is 2.44. The van der Waals surface area contributed by atoms with Crippen LogP contribution < -0.4 is 5.11 Å². The molecule has 0 spiro atoms. The minimum Gasteiger partial charge on any atom is -0.550 e. The zero-order chi connectivity index (χ0) is 16.8. The van der Waals surface area contributed by atoms with Crippen molar-refractivity contribution in [1.82, 2.24) is 4.90 Å². The molecule has 0 aromatic heterocycles. The smallest absolute Gasteiger partial charge is 0.229 e. The van der Waals surface area contributed by atoms with Crippen molar-refractivity contribution in [3.8, 4) is 0 Å². The first-order chi connectivity index (χ1) is 11.1. The number of unbranched alkanes of at least 4 members (excludes halogenated alkanes) is 4. The third-order valence-corrected chi connectivity index (χ3v) is 5.21. The van der Waals surface area contributed by atoms with E-state index in [1.807, 2.05) is 4.90 Å². The molecule has 0 N–H and O–H groups in total. The number of fused-ring (bicyclic) bond motifs is 2. The highest BCUT2D eigenvalue weighted by Gasteiger charge is 2.53. The van der Waals surface area contributed by atoms with Gasteiger partial charge in [-0.15, -0.1) is 0 Å². The second-order valence-electron chi connectivity index (χ2n) is 6.90. The number of ether oxygens (including phenoxy) is 1. The fourth-order valence-corrected chi connectivity index (χ4v) is 3.94. The molecule has 0 aliphatic carbocycles. The summed E-state index contributed by atoms with van der Waals surface area (Å²) in [7, 11) is 0. The van der Waals surface area contributed by atoms with Crippen LogP contribution in [-0.4, -0.2) is 42.1 Å². The minimum atomic E-state index is -1.13. The van der Waals surface area contributed by atoms with E-state index < -0.39 is 17.8 Å². The van der Waals surface area contributed by atoms with Crippen LogP contribution in [0.1, 0.15) is 65.2 Å². The average Bonchev–Trinajstić information content (AvgIpc) is 3.14. The van der Waals surface area contributed by atoms with E-state index in [2.05, 4.69) is 13.8 Å². The lowest BCUT2D eigenvalue weighted by Gasteiger charge is -2.33. The number of aliphatic carboxylic acids is 1. The molecule has 0 aromatic rings. The molecule has 5 nitrogen and oxygen atoms in total. The summed E-state index contributed by atoms with van der Waals surface area (Å²) in [6, 6.07) is 0. The van der Waals surface area contributed by atoms with Gasteiger partial charge in [0, 0.05) is 25.0 Å². The van der Waals surface area contributed by atoms with E-state index in [0.717, 1.165) is 64.5 Å². The largest absolute Gasteiger partial charge is 0.550 e. The van der Waals surface area contributed by atoms with Crippen molar-refractivity contribution >= 4 is 11.9 Å². The minimum absolute atomic E-state index is 0.0291. The summed E-state index contributed by atoms with van der Waals surface area (Å²) in [4.78, 5) is 26.4. The molecule has 2 fully saturated rings. The van der Waals surface area contributed by atoms with Crippen LogP contribution in [0.5, 0.6) is 0 Å². The maximum Gasteiger partial charge on any atom is 0.229 e.